The number of hydrogen-bond donors (Lipinski definition) is 1. The molecule has 0 fully saturated rings. The van der Waals surface area contributed by atoms with Crippen LogP contribution in [0.5, 0.6) is 0 Å². The van der Waals surface area contributed by atoms with Gasteiger partial charge in [0.05, 0.1) is 21.1 Å². The molecule has 0 atom stereocenters. The van der Waals surface area contributed by atoms with Crippen molar-refractivity contribution in [3.05, 3.63) is 63.9 Å². The number of rotatable bonds is 3. The van der Waals surface area contributed by atoms with Gasteiger partial charge < -0.3 is 0 Å². The molecule has 0 bridgehead atoms. The van der Waals surface area contributed by atoms with Gasteiger partial charge in [0.25, 0.3) is 5.91 Å². The monoisotopic (exact) mass is 386 g/mol. The summed E-state index contributed by atoms with van der Waals surface area (Å²) >= 11 is 1.08. The largest absolute Gasteiger partial charge is 0.296 e. The highest BCUT2D eigenvalue weighted by Gasteiger charge is 2.19. The Hall–Kier alpha value is -3.20. The van der Waals surface area contributed by atoms with E-state index in [0.29, 0.717) is 22.3 Å². The third-order valence-electron chi connectivity index (χ3n) is 4.00. The first kappa shape index (κ1) is 17.2. The number of hydrogen-bond acceptors (Lipinski definition) is 5. The molecule has 0 saturated carbocycles. The van der Waals surface area contributed by atoms with E-state index in [0.717, 1.165) is 17.4 Å². The van der Waals surface area contributed by atoms with Gasteiger partial charge in [0.15, 0.2) is 10.8 Å². The summed E-state index contributed by atoms with van der Waals surface area (Å²) in [6.07, 6.45) is 0. The maximum Gasteiger partial charge on any atom is 0.281 e. The van der Waals surface area contributed by atoms with E-state index in [2.05, 4.69) is 15.4 Å². The highest BCUT2D eigenvalue weighted by Crippen LogP contribution is 2.26. The van der Waals surface area contributed by atoms with Crippen LogP contribution in [0.2, 0.25) is 0 Å². The molecule has 1 N–H and O–H groups in total. The third-order valence-corrected chi connectivity index (χ3v) is 4.94. The molecule has 136 valence electrons. The van der Waals surface area contributed by atoms with Crippen LogP contribution in [0.25, 0.3) is 21.1 Å². The van der Waals surface area contributed by atoms with Gasteiger partial charge in [-0.25, -0.2) is 13.8 Å². The lowest BCUT2D eigenvalue weighted by Gasteiger charge is -2.09. The Bertz CT molecular complexity index is 1270. The molecule has 9 heteroatoms. The van der Waals surface area contributed by atoms with Crippen LogP contribution >= 0.6 is 11.3 Å². The molecule has 0 aliphatic carbocycles. The lowest BCUT2D eigenvalue weighted by atomic mass is 10.2. The average Bonchev–Trinajstić information content (AvgIpc) is 3.03. The fourth-order valence-corrected chi connectivity index (χ4v) is 3.65. The predicted octanol–water partition coefficient (Wildman–Crippen LogP) is 3.56. The minimum atomic E-state index is -0.757. The lowest BCUT2D eigenvalue weighted by Crippen LogP contribution is -2.27. The van der Waals surface area contributed by atoms with Gasteiger partial charge in [0, 0.05) is 6.54 Å². The van der Waals surface area contributed by atoms with E-state index < -0.39 is 23.0 Å². The van der Waals surface area contributed by atoms with E-state index in [1.165, 1.54) is 35.0 Å². The molecule has 4 rings (SSSR count). The quantitative estimate of drug-likeness (QED) is 0.584. The maximum atomic E-state index is 13.6. The van der Waals surface area contributed by atoms with E-state index in [1.807, 2.05) is 0 Å². The summed E-state index contributed by atoms with van der Waals surface area (Å²) in [5.41, 5.74) is -0.0636. The zero-order valence-corrected chi connectivity index (χ0v) is 14.8. The van der Waals surface area contributed by atoms with Crippen LogP contribution < -0.4 is 10.7 Å². The number of carbonyl (C=O) groups is 1. The maximum absolute atomic E-state index is 13.6. The van der Waals surface area contributed by atoms with Gasteiger partial charge in [-0.05, 0) is 43.3 Å². The summed E-state index contributed by atoms with van der Waals surface area (Å²) in [6, 6.07) is 7.85. The van der Waals surface area contributed by atoms with E-state index in [4.69, 9.17) is 0 Å². The van der Waals surface area contributed by atoms with Crippen LogP contribution in [-0.4, -0.2) is 20.7 Å². The fraction of sp³-hybridized carbons (Fsp3) is 0.111. The van der Waals surface area contributed by atoms with E-state index >= 15 is 0 Å². The van der Waals surface area contributed by atoms with Crippen molar-refractivity contribution in [3.63, 3.8) is 0 Å². The van der Waals surface area contributed by atoms with Gasteiger partial charge in [0.1, 0.15) is 11.6 Å². The van der Waals surface area contributed by atoms with E-state index in [-0.39, 0.29) is 16.2 Å². The van der Waals surface area contributed by atoms with Crippen molar-refractivity contribution in [2.75, 3.05) is 5.32 Å². The first-order chi connectivity index (χ1) is 13.0. The average molecular weight is 386 g/mol. The molecule has 2 aromatic carbocycles. The van der Waals surface area contributed by atoms with Gasteiger partial charge in [-0.1, -0.05) is 11.3 Å². The van der Waals surface area contributed by atoms with E-state index in [1.54, 1.807) is 6.92 Å². The summed E-state index contributed by atoms with van der Waals surface area (Å²) in [6.45, 7) is 2.19. The smallest absolute Gasteiger partial charge is 0.281 e. The molecule has 2 heterocycles. The van der Waals surface area contributed by atoms with Crippen LogP contribution in [-0.2, 0) is 6.54 Å². The number of halogens is 2. The molecular weight excluding hydrogens is 374 g/mol. The molecule has 0 spiro atoms. The highest BCUT2D eigenvalue weighted by atomic mass is 32.1. The van der Waals surface area contributed by atoms with Crippen molar-refractivity contribution in [2.24, 2.45) is 0 Å². The SMILES string of the molecule is CCn1nc(C(=O)Nc2nc3ccc(F)cc3s2)c(=O)c2cc(F)ccc21. The number of benzene rings is 2. The number of nitrogens with one attached hydrogen (secondary N) is 1. The van der Waals surface area contributed by atoms with Crippen LogP contribution in [0.15, 0.2) is 41.2 Å². The van der Waals surface area contributed by atoms with Crippen molar-refractivity contribution in [1.82, 2.24) is 14.8 Å². The number of nitrogens with zero attached hydrogens (tertiary/aromatic N) is 3. The summed E-state index contributed by atoms with van der Waals surface area (Å²) in [7, 11) is 0. The lowest BCUT2D eigenvalue weighted by molar-refractivity contribution is 0.101. The Morgan fingerprint density at radius 2 is 1.93 bits per heavy atom. The van der Waals surface area contributed by atoms with Gasteiger partial charge in [-0.15, -0.1) is 0 Å². The standard InChI is InChI=1S/C18H12F2N4O2S/c1-2-24-13-6-4-9(19)7-11(13)16(25)15(23-24)17(26)22-18-21-12-5-3-10(20)8-14(12)27-18/h3-8H,2H2,1H3,(H,21,22,26). The molecule has 0 aliphatic rings. The van der Waals surface area contributed by atoms with Crippen molar-refractivity contribution < 1.29 is 13.6 Å². The van der Waals surface area contributed by atoms with Crippen molar-refractivity contribution in [2.45, 2.75) is 13.5 Å². The minimum Gasteiger partial charge on any atom is -0.296 e. The number of amides is 1. The van der Waals surface area contributed by atoms with Gasteiger partial charge in [0.2, 0.25) is 5.43 Å². The molecule has 1 amide bonds. The van der Waals surface area contributed by atoms with E-state index in [9.17, 15) is 18.4 Å². The second-order valence-corrected chi connectivity index (χ2v) is 6.77. The van der Waals surface area contributed by atoms with Crippen LogP contribution in [0.3, 0.4) is 0 Å². The highest BCUT2D eigenvalue weighted by molar-refractivity contribution is 7.22. The summed E-state index contributed by atoms with van der Waals surface area (Å²) in [4.78, 5) is 29.4. The Morgan fingerprint density at radius 1 is 1.19 bits per heavy atom. The molecular formula is C18H12F2N4O2S. The number of fused-ring (bicyclic) bond motifs is 2. The number of thiazole rings is 1. The minimum absolute atomic E-state index is 0.0726. The Morgan fingerprint density at radius 3 is 2.70 bits per heavy atom. The summed E-state index contributed by atoms with van der Waals surface area (Å²) in [5.74, 6) is -1.74. The second kappa shape index (κ2) is 6.51. The second-order valence-electron chi connectivity index (χ2n) is 5.74. The number of aromatic nitrogens is 3. The van der Waals surface area contributed by atoms with Crippen molar-refractivity contribution >= 4 is 43.5 Å². The molecule has 0 unspecified atom stereocenters. The number of carbonyl (C=O) groups excluding carboxylic acids is 1. The predicted molar refractivity (Wildman–Crippen MR) is 99.2 cm³/mol. The fourth-order valence-electron chi connectivity index (χ4n) is 2.76. The van der Waals surface area contributed by atoms with Gasteiger partial charge >= 0.3 is 0 Å². The number of anilines is 1. The van der Waals surface area contributed by atoms with Gasteiger partial charge in [-0.2, -0.15) is 5.10 Å². The first-order valence-corrected chi connectivity index (χ1v) is 8.85. The van der Waals surface area contributed by atoms with Gasteiger partial charge in [-0.3, -0.25) is 19.6 Å². The molecule has 6 nitrogen and oxygen atoms in total. The van der Waals surface area contributed by atoms with Crippen LogP contribution in [0, 0.1) is 11.6 Å². The zero-order valence-electron chi connectivity index (χ0n) is 14.0. The Balaban J connectivity index is 1.77. The van der Waals surface area contributed by atoms with Crippen molar-refractivity contribution in [3.8, 4) is 0 Å². The zero-order chi connectivity index (χ0) is 19.1. The molecule has 27 heavy (non-hydrogen) atoms. The Labute approximate surface area is 155 Å². The molecule has 0 aliphatic heterocycles. The topological polar surface area (TPSA) is 76.9 Å². The first-order valence-electron chi connectivity index (χ1n) is 8.04. The summed E-state index contributed by atoms with van der Waals surface area (Å²) < 4.78 is 28.9. The molecule has 0 radical (unpaired) electrons. The third kappa shape index (κ3) is 3.06. The van der Waals surface area contributed by atoms with Crippen LogP contribution in [0.1, 0.15) is 17.4 Å². The molecule has 0 saturated heterocycles. The molecule has 4 aromatic rings. The normalized spacial score (nSPS) is 11.2. The molecule has 2 aromatic heterocycles. The van der Waals surface area contributed by atoms with Crippen LogP contribution in [0.4, 0.5) is 13.9 Å². The number of aryl methyl sites for hydroxylation is 1. The van der Waals surface area contributed by atoms with Crippen molar-refractivity contribution in [1.29, 1.82) is 0 Å². The Kier molecular flexibility index (Phi) is 4.15. The summed E-state index contributed by atoms with van der Waals surface area (Å²) in [5, 5.41) is 6.90.